The highest BCUT2D eigenvalue weighted by Crippen LogP contribution is 2.43. The molecule has 0 amide bonds. The minimum atomic E-state index is 0.907. The third-order valence-corrected chi connectivity index (χ3v) is 10.6. The molecule has 2 aromatic heterocycles. The van der Waals surface area contributed by atoms with Crippen LogP contribution in [-0.4, -0.2) is 9.97 Å². The molecule has 10 aromatic rings. The summed E-state index contributed by atoms with van der Waals surface area (Å²) in [6.07, 6.45) is 0. The molecule has 0 N–H and O–H groups in total. The minimum absolute atomic E-state index is 0.907. The predicted molar refractivity (Wildman–Crippen MR) is 235 cm³/mol. The van der Waals surface area contributed by atoms with Gasteiger partial charge in [0.1, 0.15) is 0 Å². The number of pyridine rings is 2. The maximum absolute atomic E-state index is 5.55. The van der Waals surface area contributed by atoms with Gasteiger partial charge >= 0.3 is 0 Å². The zero-order chi connectivity index (χ0) is 37.3. The summed E-state index contributed by atoms with van der Waals surface area (Å²) < 4.78 is 0. The second-order valence-electron chi connectivity index (χ2n) is 14.2. The van der Waals surface area contributed by atoms with E-state index in [0.717, 1.165) is 78.1 Å². The monoisotopic (exact) mass is 712 g/mol. The summed E-state index contributed by atoms with van der Waals surface area (Å²) in [6, 6.07) is 77.5. The summed E-state index contributed by atoms with van der Waals surface area (Å²) >= 11 is 0. The fraction of sp³-hybridized carbons (Fsp3) is 0. The van der Waals surface area contributed by atoms with Gasteiger partial charge < -0.3 is 0 Å². The van der Waals surface area contributed by atoms with Gasteiger partial charge in [-0.15, -0.1) is 0 Å². The predicted octanol–water partition coefficient (Wildman–Crippen LogP) is 14.5. The topological polar surface area (TPSA) is 25.8 Å². The van der Waals surface area contributed by atoms with Crippen molar-refractivity contribution in [1.29, 1.82) is 0 Å². The van der Waals surface area contributed by atoms with Crippen LogP contribution in [0.2, 0.25) is 0 Å². The second-order valence-corrected chi connectivity index (χ2v) is 14.2. The number of hydrogen-bond acceptors (Lipinski definition) is 2. The van der Waals surface area contributed by atoms with Gasteiger partial charge in [-0.2, -0.15) is 0 Å². The first-order valence-corrected chi connectivity index (χ1v) is 19.1. The maximum Gasteiger partial charge on any atom is 0.0800 e. The Kier molecular flexibility index (Phi) is 8.55. The average Bonchev–Trinajstić information content (AvgIpc) is 3.29. The summed E-state index contributed by atoms with van der Waals surface area (Å²) in [5.74, 6) is 0. The molecule has 2 heterocycles. The first-order chi connectivity index (χ1) is 27.7. The summed E-state index contributed by atoms with van der Waals surface area (Å²) in [6.45, 7) is 0. The quantitative estimate of drug-likeness (QED) is 0.154. The molecule has 0 aliphatic carbocycles. The van der Waals surface area contributed by atoms with Gasteiger partial charge in [0.05, 0.1) is 22.6 Å². The SMILES string of the molecule is c1ccc(-c2cccc(-c3cc(-c4cc5ccccc5c5c(-c6ccccc6)cc(-c6ccccc6)nc45)cc(-c4cccc(-c5ccccc5)c4)n3)c2)cc1. The van der Waals surface area contributed by atoms with E-state index < -0.39 is 0 Å². The summed E-state index contributed by atoms with van der Waals surface area (Å²) in [4.78, 5) is 11.0. The summed E-state index contributed by atoms with van der Waals surface area (Å²) in [5, 5.41) is 3.48. The molecule has 0 saturated carbocycles. The van der Waals surface area contributed by atoms with E-state index in [0.29, 0.717) is 0 Å². The zero-order valence-electron chi connectivity index (χ0n) is 30.7. The lowest BCUT2D eigenvalue weighted by Gasteiger charge is -2.18. The molecule has 2 nitrogen and oxygen atoms in total. The zero-order valence-corrected chi connectivity index (χ0v) is 30.7. The molecule has 10 rings (SSSR count). The number of rotatable bonds is 7. The van der Waals surface area contributed by atoms with Crippen molar-refractivity contribution in [3.63, 3.8) is 0 Å². The van der Waals surface area contributed by atoms with Gasteiger partial charge in [0.2, 0.25) is 0 Å². The molecule has 8 aromatic carbocycles. The standard InChI is InChI=1S/C54H36N2/c1-5-17-37(18-6-1)41-26-15-28-44(31-41)50-34-46(35-51(55-50)45-29-16-27-42(32-45)38-19-7-2-8-20-38)49-33-43-25-13-14-30-47(43)53-48(39-21-9-3-10-22-39)36-52(56-54(49)53)40-23-11-4-12-24-40/h1-36H. The molecule has 2 heteroatoms. The van der Waals surface area contributed by atoms with Crippen molar-refractivity contribution < 1.29 is 0 Å². The molecule has 0 unspecified atom stereocenters. The van der Waals surface area contributed by atoms with Gasteiger partial charge in [-0.05, 0) is 86.1 Å². The van der Waals surface area contributed by atoms with Gasteiger partial charge in [0.15, 0.2) is 0 Å². The molecule has 0 aliphatic heterocycles. The van der Waals surface area contributed by atoms with Crippen molar-refractivity contribution in [3.8, 4) is 78.3 Å². The molecule has 0 fully saturated rings. The molecule has 0 bridgehead atoms. The third kappa shape index (κ3) is 6.34. The highest BCUT2D eigenvalue weighted by molar-refractivity contribution is 6.18. The van der Waals surface area contributed by atoms with Crippen molar-refractivity contribution in [2.45, 2.75) is 0 Å². The minimum Gasteiger partial charge on any atom is -0.248 e. The van der Waals surface area contributed by atoms with E-state index in [1.165, 1.54) is 21.9 Å². The molecule has 0 atom stereocenters. The molecular weight excluding hydrogens is 677 g/mol. The Labute approximate surface area is 327 Å². The van der Waals surface area contributed by atoms with Gasteiger partial charge in [-0.25, -0.2) is 9.97 Å². The molecule has 0 spiro atoms. The molecular formula is C54H36N2. The van der Waals surface area contributed by atoms with Crippen LogP contribution in [0.15, 0.2) is 218 Å². The smallest absolute Gasteiger partial charge is 0.0800 e. The van der Waals surface area contributed by atoms with E-state index in [9.17, 15) is 0 Å². The second kappa shape index (κ2) is 14.4. The van der Waals surface area contributed by atoms with E-state index >= 15 is 0 Å². The molecule has 262 valence electrons. The van der Waals surface area contributed by atoms with Crippen LogP contribution in [0.3, 0.4) is 0 Å². The fourth-order valence-electron chi connectivity index (χ4n) is 7.87. The van der Waals surface area contributed by atoms with Gasteiger partial charge in [0.25, 0.3) is 0 Å². The first-order valence-electron chi connectivity index (χ1n) is 19.1. The van der Waals surface area contributed by atoms with Gasteiger partial charge in [0, 0.05) is 27.6 Å². The Morgan fingerprint density at radius 2 is 0.696 bits per heavy atom. The molecule has 0 saturated heterocycles. The van der Waals surface area contributed by atoms with Crippen molar-refractivity contribution in [2.24, 2.45) is 0 Å². The van der Waals surface area contributed by atoms with Crippen LogP contribution < -0.4 is 0 Å². The van der Waals surface area contributed by atoms with Crippen molar-refractivity contribution in [2.75, 3.05) is 0 Å². The van der Waals surface area contributed by atoms with E-state index in [1.807, 2.05) is 0 Å². The van der Waals surface area contributed by atoms with E-state index in [-0.39, 0.29) is 0 Å². The average molecular weight is 713 g/mol. The van der Waals surface area contributed by atoms with Crippen LogP contribution in [0.25, 0.3) is 100.0 Å². The van der Waals surface area contributed by atoms with Crippen LogP contribution in [-0.2, 0) is 0 Å². The normalized spacial score (nSPS) is 11.2. The van der Waals surface area contributed by atoms with Crippen LogP contribution in [0.4, 0.5) is 0 Å². The van der Waals surface area contributed by atoms with Crippen molar-refractivity contribution in [3.05, 3.63) is 218 Å². The Bertz CT molecular complexity index is 2890. The van der Waals surface area contributed by atoms with Crippen LogP contribution >= 0.6 is 0 Å². The Morgan fingerprint density at radius 3 is 1.27 bits per heavy atom. The molecule has 0 radical (unpaired) electrons. The van der Waals surface area contributed by atoms with E-state index in [2.05, 4.69) is 218 Å². The maximum atomic E-state index is 5.55. The van der Waals surface area contributed by atoms with Crippen LogP contribution in [0.1, 0.15) is 0 Å². The highest BCUT2D eigenvalue weighted by Gasteiger charge is 2.19. The van der Waals surface area contributed by atoms with E-state index in [1.54, 1.807) is 0 Å². The lowest BCUT2D eigenvalue weighted by molar-refractivity contribution is 1.32. The lowest BCUT2D eigenvalue weighted by atomic mass is 9.89. The number of aromatic nitrogens is 2. The number of nitrogens with zero attached hydrogens (tertiary/aromatic N) is 2. The van der Waals surface area contributed by atoms with Gasteiger partial charge in [-0.1, -0.05) is 182 Å². The largest absolute Gasteiger partial charge is 0.248 e. The summed E-state index contributed by atoms with van der Waals surface area (Å²) in [7, 11) is 0. The van der Waals surface area contributed by atoms with Gasteiger partial charge in [-0.3, -0.25) is 0 Å². The first kappa shape index (κ1) is 33.2. The Morgan fingerprint density at radius 1 is 0.250 bits per heavy atom. The summed E-state index contributed by atoms with van der Waals surface area (Å²) in [5.41, 5.74) is 16.0. The third-order valence-electron chi connectivity index (χ3n) is 10.6. The van der Waals surface area contributed by atoms with Crippen molar-refractivity contribution in [1.82, 2.24) is 9.97 Å². The number of fused-ring (bicyclic) bond motifs is 3. The molecule has 56 heavy (non-hydrogen) atoms. The fourth-order valence-corrected chi connectivity index (χ4v) is 7.87. The van der Waals surface area contributed by atoms with Crippen LogP contribution in [0, 0.1) is 0 Å². The Balaban J connectivity index is 1.27. The van der Waals surface area contributed by atoms with E-state index in [4.69, 9.17) is 9.97 Å². The molecule has 0 aliphatic rings. The lowest BCUT2D eigenvalue weighted by Crippen LogP contribution is -1.96. The number of benzene rings is 8. The van der Waals surface area contributed by atoms with Crippen molar-refractivity contribution >= 4 is 21.7 Å². The number of hydrogen-bond donors (Lipinski definition) is 0. The van der Waals surface area contributed by atoms with Crippen LogP contribution in [0.5, 0.6) is 0 Å². The highest BCUT2D eigenvalue weighted by atomic mass is 14.7. The Hall–Kier alpha value is -7.42.